The van der Waals surface area contributed by atoms with E-state index in [4.69, 9.17) is 0 Å². The van der Waals surface area contributed by atoms with E-state index in [1.807, 2.05) is 23.0 Å². The number of urea groups is 1. The number of amides is 2. The largest absolute Gasteiger partial charge is 0.334 e. The lowest BCUT2D eigenvalue weighted by Crippen LogP contribution is -2.47. The molecule has 1 atom stereocenters. The molecule has 0 bridgehead atoms. The summed E-state index contributed by atoms with van der Waals surface area (Å²) in [6, 6.07) is 11.2. The molecule has 5 heteroatoms. The molecular formula is C20H26N4O. The molecule has 1 N–H and O–H groups in total. The molecule has 132 valence electrons. The molecule has 0 spiro atoms. The first-order valence-electron chi connectivity index (χ1n) is 9.32. The molecule has 0 saturated heterocycles. The van der Waals surface area contributed by atoms with E-state index >= 15 is 0 Å². The lowest BCUT2D eigenvalue weighted by atomic mass is 10.1. The predicted octanol–water partition coefficient (Wildman–Crippen LogP) is 3.40. The van der Waals surface area contributed by atoms with Crippen LogP contribution in [0.15, 0.2) is 42.7 Å². The van der Waals surface area contributed by atoms with Crippen LogP contribution in [0.5, 0.6) is 0 Å². The van der Waals surface area contributed by atoms with Crippen molar-refractivity contribution in [3.8, 4) is 0 Å². The summed E-state index contributed by atoms with van der Waals surface area (Å²) in [4.78, 5) is 14.8. The molecule has 2 aliphatic rings. The summed E-state index contributed by atoms with van der Waals surface area (Å²) >= 11 is 0. The van der Waals surface area contributed by atoms with Crippen LogP contribution in [0.1, 0.15) is 43.7 Å². The number of carbonyl (C=O) groups excluding carboxylic acids is 1. The molecular weight excluding hydrogens is 312 g/mol. The van der Waals surface area contributed by atoms with Crippen molar-refractivity contribution in [2.45, 2.75) is 57.8 Å². The molecule has 2 amide bonds. The SMILES string of the molecule is C[C@H](C1CC1)N(C(=O)NCc1cccc(Cn2cccn2)c1)C1CC1. The topological polar surface area (TPSA) is 50.2 Å². The fourth-order valence-electron chi connectivity index (χ4n) is 3.53. The van der Waals surface area contributed by atoms with Crippen molar-refractivity contribution in [1.82, 2.24) is 20.0 Å². The van der Waals surface area contributed by atoms with Crippen LogP contribution in [-0.2, 0) is 13.1 Å². The van der Waals surface area contributed by atoms with Gasteiger partial charge in [0.15, 0.2) is 0 Å². The summed E-state index contributed by atoms with van der Waals surface area (Å²) in [5.74, 6) is 0.712. The van der Waals surface area contributed by atoms with Crippen LogP contribution in [-0.4, -0.2) is 32.8 Å². The number of hydrogen-bond donors (Lipinski definition) is 1. The summed E-state index contributed by atoms with van der Waals surface area (Å²) in [6.07, 6.45) is 8.60. The number of aromatic nitrogens is 2. The Balaban J connectivity index is 1.36. The zero-order valence-electron chi connectivity index (χ0n) is 14.8. The first-order valence-corrected chi connectivity index (χ1v) is 9.32. The normalized spacial score (nSPS) is 18.0. The van der Waals surface area contributed by atoms with Gasteiger partial charge < -0.3 is 10.2 Å². The van der Waals surface area contributed by atoms with Crippen LogP contribution in [0.2, 0.25) is 0 Å². The van der Waals surface area contributed by atoms with Crippen LogP contribution in [0, 0.1) is 5.92 Å². The van der Waals surface area contributed by atoms with Gasteiger partial charge in [0, 0.05) is 31.0 Å². The number of rotatable bonds is 7. The van der Waals surface area contributed by atoms with E-state index < -0.39 is 0 Å². The van der Waals surface area contributed by atoms with Gasteiger partial charge in [0.2, 0.25) is 0 Å². The second kappa shape index (κ2) is 6.90. The van der Waals surface area contributed by atoms with Gasteiger partial charge in [-0.3, -0.25) is 4.68 Å². The number of benzene rings is 1. The van der Waals surface area contributed by atoms with E-state index in [0.29, 0.717) is 24.5 Å². The average Bonchev–Trinajstić information content (AvgIpc) is 3.53. The average molecular weight is 338 g/mol. The zero-order chi connectivity index (χ0) is 17.2. The third-order valence-electron chi connectivity index (χ3n) is 5.26. The van der Waals surface area contributed by atoms with Crippen molar-refractivity contribution in [2.75, 3.05) is 0 Å². The second-order valence-corrected chi connectivity index (χ2v) is 7.40. The fourth-order valence-corrected chi connectivity index (χ4v) is 3.53. The Hall–Kier alpha value is -2.30. The van der Waals surface area contributed by atoms with Gasteiger partial charge in [0.25, 0.3) is 0 Å². The highest BCUT2D eigenvalue weighted by atomic mass is 16.2. The van der Waals surface area contributed by atoms with Gasteiger partial charge in [-0.25, -0.2) is 4.79 Å². The molecule has 1 heterocycles. The van der Waals surface area contributed by atoms with Crippen LogP contribution in [0.4, 0.5) is 4.79 Å². The van der Waals surface area contributed by atoms with Crippen molar-refractivity contribution in [3.05, 3.63) is 53.9 Å². The highest BCUT2D eigenvalue weighted by Crippen LogP contribution is 2.39. The van der Waals surface area contributed by atoms with E-state index in [1.165, 1.54) is 18.4 Å². The third-order valence-corrected chi connectivity index (χ3v) is 5.26. The maximum atomic E-state index is 12.7. The predicted molar refractivity (Wildman–Crippen MR) is 97.1 cm³/mol. The van der Waals surface area contributed by atoms with E-state index in [-0.39, 0.29) is 6.03 Å². The number of nitrogens with one attached hydrogen (secondary N) is 1. The first kappa shape index (κ1) is 16.2. The Labute approximate surface area is 149 Å². The van der Waals surface area contributed by atoms with E-state index in [1.54, 1.807) is 6.20 Å². The van der Waals surface area contributed by atoms with Crippen LogP contribution in [0.25, 0.3) is 0 Å². The third kappa shape index (κ3) is 4.03. The summed E-state index contributed by atoms with van der Waals surface area (Å²) < 4.78 is 1.91. The minimum absolute atomic E-state index is 0.0966. The Morgan fingerprint density at radius 3 is 2.76 bits per heavy atom. The van der Waals surface area contributed by atoms with Crippen molar-refractivity contribution in [2.24, 2.45) is 5.92 Å². The van der Waals surface area contributed by atoms with Gasteiger partial charge in [0.05, 0.1) is 6.54 Å². The van der Waals surface area contributed by atoms with Crippen LogP contribution >= 0.6 is 0 Å². The lowest BCUT2D eigenvalue weighted by molar-refractivity contribution is 0.166. The maximum absolute atomic E-state index is 12.7. The van der Waals surface area contributed by atoms with Crippen molar-refractivity contribution in [1.29, 1.82) is 0 Å². The molecule has 2 aromatic rings. The minimum atomic E-state index is 0.0966. The van der Waals surface area contributed by atoms with Crippen LogP contribution < -0.4 is 5.32 Å². The summed E-state index contributed by atoms with van der Waals surface area (Å²) in [6.45, 7) is 3.54. The molecule has 2 saturated carbocycles. The number of nitrogens with zero attached hydrogens (tertiary/aromatic N) is 3. The van der Waals surface area contributed by atoms with E-state index in [9.17, 15) is 4.79 Å². The van der Waals surface area contributed by atoms with Crippen LogP contribution in [0.3, 0.4) is 0 Å². The number of hydrogen-bond acceptors (Lipinski definition) is 2. The molecule has 4 rings (SSSR count). The fraction of sp³-hybridized carbons (Fsp3) is 0.500. The Kier molecular flexibility index (Phi) is 4.47. The van der Waals surface area contributed by atoms with Gasteiger partial charge in [-0.05, 0) is 55.7 Å². The first-order chi connectivity index (χ1) is 12.2. The molecule has 1 aromatic heterocycles. The van der Waals surface area contributed by atoms with Gasteiger partial charge in [-0.15, -0.1) is 0 Å². The smallest absolute Gasteiger partial charge is 0.318 e. The Bertz CT molecular complexity index is 719. The van der Waals surface area contributed by atoms with Gasteiger partial charge >= 0.3 is 6.03 Å². The molecule has 0 unspecified atom stereocenters. The van der Waals surface area contributed by atoms with Gasteiger partial charge in [-0.2, -0.15) is 5.10 Å². The molecule has 1 aromatic carbocycles. The maximum Gasteiger partial charge on any atom is 0.318 e. The highest BCUT2D eigenvalue weighted by molar-refractivity contribution is 5.75. The standard InChI is InChI=1S/C20H26N4O/c1-15(18-6-7-18)24(19-8-9-19)20(25)21-13-16-4-2-5-17(12-16)14-23-11-3-10-22-23/h2-5,10-12,15,18-19H,6-9,13-14H2,1H3,(H,21,25)/t15-/m1/s1. The van der Waals surface area contributed by atoms with Crippen molar-refractivity contribution < 1.29 is 4.79 Å². The zero-order valence-corrected chi connectivity index (χ0v) is 14.8. The molecule has 2 fully saturated rings. The lowest BCUT2D eigenvalue weighted by Gasteiger charge is -2.29. The molecule has 5 nitrogen and oxygen atoms in total. The molecule has 0 radical (unpaired) electrons. The summed E-state index contributed by atoms with van der Waals surface area (Å²) in [7, 11) is 0. The Morgan fingerprint density at radius 1 is 1.28 bits per heavy atom. The second-order valence-electron chi connectivity index (χ2n) is 7.40. The quantitative estimate of drug-likeness (QED) is 0.841. The molecule has 2 aliphatic carbocycles. The molecule has 0 aliphatic heterocycles. The molecule has 25 heavy (non-hydrogen) atoms. The van der Waals surface area contributed by atoms with Crippen molar-refractivity contribution >= 4 is 6.03 Å². The van der Waals surface area contributed by atoms with E-state index in [0.717, 1.165) is 24.9 Å². The monoisotopic (exact) mass is 338 g/mol. The summed E-state index contributed by atoms with van der Waals surface area (Å²) in [5, 5.41) is 7.38. The minimum Gasteiger partial charge on any atom is -0.334 e. The highest BCUT2D eigenvalue weighted by Gasteiger charge is 2.41. The summed E-state index contributed by atoms with van der Waals surface area (Å²) in [5.41, 5.74) is 2.33. The Morgan fingerprint density at radius 2 is 2.08 bits per heavy atom. The number of carbonyl (C=O) groups is 1. The van der Waals surface area contributed by atoms with E-state index in [2.05, 4.69) is 40.4 Å². The van der Waals surface area contributed by atoms with Gasteiger partial charge in [-0.1, -0.05) is 24.3 Å². The van der Waals surface area contributed by atoms with Crippen molar-refractivity contribution in [3.63, 3.8) is 0 Å². The van der Waals surface area contributed by atoms with Gasteiger partial charge in [0.1, 0.15) is 0 Å².